The van der Waals surface area contributed by atoms with Crippen LogP contribution in [0.4, 0.5) is 0 Å². The van der Waals surface area contributed by atoms with Gasteiger partial charge in [-0.2, -0.15) is 0 Å². The number of nitrogens with zero attached hydrogens (tertiary/aromatic N) is 1. The molecule has 0 amide bonds. The summed E-state index contributed by atoms with van der Waals surface area (Å²) in [4.78, 5) is 2.55. The van der Waals surface area contributed by atoms with E-state index in [0.29, 0.717) is 0 Å². The van der Waals surface area contributed by atoms with Crippen LogP contribution in [0.1, 0.15) is 30.4 Å². The minimum atomic E-state index is 0.795. The lowest BCUT2D eigenvalue weighted by atomic mass is 10.0. The molecule has 1 aliphatic rings. The number of aryl methyl sites for hydroxylation is 2. The van der Waals surface area contributed by atoms with Crippen LogP contribution in [-0.4, -0.2) is 37.6 Å². The average Bonchev–Trinajstić information content (AvgIpc) is 2.42. The van der Waals surface area contributed by atoms with E-state index in [2.05, 4.69) is 48.5 Å². The summed E-state index contributed by atoms with van der Waals surface area (Å²) in [5.74, 6) is 0. The molecule has 1 heterocycles. The van der Waals surface area contributed by atoms with Crippen LogP contribution >= 0.6 is 0 Å². The Bertz CT molecular complexity index is 356. The second-order valence-electron chi connectivity index (χ2n) is 5.49. The Morgan fingerprint density at radius 2 is 1.94 bits per heavy atom. The predicted octanol–water partition coefficient (Wildman–Crippen LogP) is 2.61. The Kier molecular flexibility index (Phi) is 5.21. The molecule has 1 aliphatic heterocycles. The van der Waals surface area contributed by atoms with Crippen molar-refractivity contribution in [1.82, 2.24) is 10.2 Å². The average molecular weight is 246 g/mol. The SMILES string of the molecule is Cc1ccccc1CCCN(C)C1CCNCC1. The summed E-state index contributed by atoms with van der Waals surface area (Å²) in [7, 11) is 2.29. The lowest BCUT2D eigenvalue weighted by molar-refractivity contribution is 0.197. The van der Waals surface area contributed by atoms with E-state index in [1.54, 1.807) is 0 Å². The third kappa shape index (κ3) is 3.82. The van der Waals surface area contributed by atoms with Gasteiger partial charge < -0.3 is 10.2 Å². The minimum absolute atomic E-state index is 0.795. The van der Waals surface area contributed by atoms with Crippen LogP contribution in [0, 0.1) is 6.92 Å². The summed E-state index contributed by atoms with van der Waals surface area (Å²) < 4.78 is 0. The molecular weight excluding hydrogens is 220 g/mol. The van der Waals surface area contributed by atoms with Crippen molar-refractivity contribution in [3.05, 3.63) is 35.4 Å². The second-order valence-corrected chi connectivity index (χ2v) is 5.49. The highest BCUT2D eigenvalue weighted by Gasteiger charge is 2.16. The van der Waals surface area contributed by atoms with Crippen LogP contribution in [0.15, 0.2) is 24.3 Å². The van der Waals surface area contributed by atoms with E-state index >= 15 is 0 Å². The van der Waals surface area contributed by atoms with Crippen LogP contribution in [0.5, 0.6) is 0 Å². The van der Waals surface area contributed by atoms with Gasteiger partial charge in [0.1, 0.15) is 0 Å². The van der Waals surface area contributed by atoms with Crippen molar-refractivity contribution in [2.45, 2.75) is 38.6 Å². The van der Waals surface area contributed by atoms with E-state index in [4.69, 9.17) is 0 Å². The first-order chi connectivity index (χ1) is 8.77. The van der Waals surface area contributed by atoms with Crippen molar-refractivity contribution in [2.75, 3.05) is 26.7 Å². The Morgan fingerprint density at radius 1 is 1.22 bits per heavy atom. The van der Waals surface area contributed by atoms with E-state index in [0.717, 1.165) is 6.04 Å². The van der Waals surface area contributed by atoms with Gasteiger partial charge in [0.25, 0.3) is 0 Å². The van der Waals surface area contributed by atoms with Crippen LogP contribution in [0.25, 0.3) is 0 Å². The third-order valence-corrected chi connectivity index (χ3v) is 4.15. The fourth-order valence-electron chi connectivity index (χ4n) is 2.84. The summed E-state index contributed by atoms with van der Waals surface area (Å²) in [6.07, 6.45) is 5.09. The summed E-state index contributed by atoms with van der Waals surface area (Å²) in [6, 6.07) is 9.55. The van der Waals surface area contributed by atoms with Gasteiger partial charge in [-0.05, 0) is 70.4 Å². The van der Waals surface area contributed by atoms with E-state index in [1.807, 2.05) is 0 Å². The maximum Gasteiger partial charge on any atom is 0.0116 e. The van der Waals surface area contributed by atoms with E-state index < -0.39 is 0 Å². The molecule has 0 bridgehead atoms. The van der Waals surface area contributed by atoms with Crippen molar-refractivity contribution in [3.63, 3.8) is 0 Å². The molecule has 0 unspecified atom stereocenters. The first kappa shape index (κ1) is 13.6. The predicted molar refractivity (Wildman–Crippen MR) is 78.0 cm³/mol. The number of hydrogen-bond donors (Lipinski definition) is 1. The van der Waals surface area contributed by atoms with Crippen molar-refractivity contribution in [2.24, 2.45) is 0 Å². The van der Waals surface area contributed by atoms with Gasteiger partial charge in [-0.1, -0.05) is 24.3 Å². The van der Waals surface area contributed by atoms with Crippen LogP contribution in [0.2, 0.25) is 0 Å². The maximum atomic E-state index is 3.43. The van der Waals surface area contributed by atoms with Gasteiger partial charge in [-0.25, -0.2) is 0 Å². The largest absolute Gasteiger partial charge is 0.317 e. The Labute approximate surface area is 111 Å². The van der Waals surface area contributed by atoms with Gasteiger partial charge in [0.2, 0.25) is 0 Å². The topological polar surface area (TPSA) is 15.3 Å². The molecule has 1 saturated heterocycles. The lowest BCUT2D eigenvalue weighted by Crippen LogP contribution is -2.41. The maximum absolute atomic E-state index is 3.43. The van der Waals surface area contributed by atoms with Crippen molar-refractivity contribution in [3.8, 4) is 0 Å². The zero-order valence-electron chi connectivity index (χ0n) is 11.8. The molecule has 0 spiro atoms. The third-order valence-electron chi connectivity index (χ3n) is 4.15. The zero-order chi connectivity index (χ0) is 12.8. The van der Waals surface area contributed by atoms with Gasteiger partial charge in [0, 0.05) is 6.04 Å². The van der Waals surface area contributed by atoms with Gasteiger partial charge in [-0.15, -0.1) is 0 Å². The minimum Gasteiger partial charge on any atom is -0.317 e. The summed E-state index contributed by atoms with van der Waals surface area (Å²) in [5, 5.41) is 3.43. The molecule has 0 atom stereocenters. The Balaban J connectivity index is 1.73. The monoisotopic (exact) mass is 246 g/mol. The van der Waals surface area contributed by atoms with Crippen molar-refractivity contribution < 1.29 is 0 Å². The summed E-state index contributed by atoms with van der Waals surface area (Å²) >= 11 is 0. The molecule has 18 heavy (non-hydrogen) atoms. The van der Waals surface area contributed by atoms with Gasteiger partial charge >= 0.3 is 0 Å². The quantitative estimate of drug-likeness (QED) is 0.859. The number of rotatable bonds is 5. The highest BCUT2D eigenvalue weighted by atomic mass is 15.1. The molecule has 0 radical (unpaired) electrons. The fraction of sp³-hybridized carbons (Fsp3) is 0.625. The second kappa shape index (κ2) is 6.91. The molecule has 1 N–H and O–H groups in total. The molecular formula is C16H26N2. The molecule has 1 aromatic carbocycles. The molecule has 0 saturated carbocycles. The highest BCUT2D eigenvalue weighted by molar-refractivity contribution is 5.25. The Morgan fingerprint density at radius 3 is 2.67 bits per heavy atom. The number of benzene rings is 1. The molecule has 0 aromatic heterocycles. The number of nitrogens with one attached hydrogen (secondary N) is 1. The molecule has 100 valence electrons. The van der Waals surface area contributed by atoms with Crippen molar-refractivity contribution in [1.29, 1.82) is 0 Å². The van der Waals surface area contributed by atoms with E-state index in [1.165, 1.54) is 56.4 Å². The Hall–Kier alpha value is -0.860. The molecule has 1 aromatic rings. The first-order valence-corrected chi connectivity index (χ1v) is 7.23. The molecule has 1 fully saturated rings. The standard InChI is InChI=1S/C16H26N2/c1-14-6-3-4-7-15(14)8-5-13-18(2)16-9-11-17-12-10-16/h3-4,6-7,16-17H,5,8-13H2,1-2H3. The van der Waals surface area contributed by atoms with E-state index in [-0.39, 0.29) is 0 Å². The number of hydrogen-bond acceptors (Lipinski definition) is 2. The van der Waals surface area contributed by atoms with Crippen LogP contribution in [-0.2, 0) is 6.42 Å². The van der Waals surface area contributed by atoms with Gasteiger partial charge in [0.05, 0.1) is 0 Å². The molecule has 2 nitrogen and oxygen atoms in total. The summed E-state index contributed by atoms with van der Waals surface area (Å²) in [5.41, 5.74) is 2.94. The number of piperidine rings is 1. The zero-order valence-corrected chi connectivity index (χ0v) is 11.8. The van der Waals surface area contributed by atoms with Gasteiger partial charge in [-0.3, -0.25) is 0 Å². The van der Waals surface area contributed by atoms with Crippen LogP contribution in [0.3, 0.4) is 0 Å². The van der Waals surface area contributed by atoms with Gasteiger partial charge in [0.15, 0.2) is 0 Å². The molecule has 2 heteroatoms. The van der Waals surface area contributed by atoms with Crippen LogP contribution < -0.4 is 5.32 Å². The van der Waals surface area contributed by atoms with Crippen molar-refractivity contribution >= 4 is 0 Å². The fourth-order valence-corrected chi connectivity index (χ4v) is 2.84. The summed E-state index contributed by atoms with van der Waals surface area (Å²) in [6.45, 7) is 5.81. The smallest absolute Gasteiger partial charge is 0.0116 e. The lowest BCUT2D eigenvalue weighted by Gasteiger charge is -2.31. The molecule has 2 rings (SSSR count). The normalized spacial score (nSPS) is 17.3. The first-order valence-electron chi connectivity index (χ1n) is 7.23. The molecule has 0 aliphatic carbocycles. The highest BCUT2D eigenvalue weighted by Crippen LogP contribution is 2.13. The van der Waals surface area contributed by atoms with E-state index in [9.17, 15) is 0 Å².